The summed E-state index contributed by atoms with van der Waals surface area (Å²) in [5.41, 5.74) is 1.97. The quantitative estimate of drug-likeness (QED) is 0.901. The number of carbonyl (C=O) groups excluding carboxylic acids is 1. The van der Waals surface area contributed by atoms with Crippen molar-refractivity contribution in [1.29, 1.82) is 0 Å². The number of carbonyl (C=O) groups is 1. The van der Waals surface area contributed by atoms with Gasteiger partial charge in [-0.05, 0) is 18.1 Å². The van der Waals surface area contributed by atoms with Crippen molar-refractivity contribution >= 4 is 6.03 Å². The maximum absolute atomic E-state index is 12.3. The second-order valence-corrected chi connectivity index (χ2v) is 6.62. The summed E-state index contributed by atoms with van der Waals surface area (Å²) in [7, 11) is 0. The molecule has 25 heavy (non-hydrogen) atoms. The van der Waals surface area contributed by atoms with Crippen LogP contribution in [0.15, 0.2) is 35.0 Å². The van der Waals surface area contributed by atoms with E-state index < -0.39 is 0 Å². The summed E-state index contributed by atoms with van der Waals surface area (Å²) in [6, 6.07) is 7.79. The highest BCUT2D eigenvalue weighted by atomic mass is 16.5. The molecule has 0 unspecified atom stereocenters. The van der Waals surface area contributed by atoms with Gasteiger partial charge in [-0.25, -0.2) is 4.79 Å². The van der Waals surface area contributed by atoms with E-state index in [2.05, 4.69) is 34.2 Å². The van der Waals surface area contributed by atoms with E-state index in [1.54, 1.807) is 0 Å². The van der Waals surface area contributed by atoms with Crippen LogP contribution < -0.4 is 5.32 Å². The molecular formula is C18H25N5O2. The van der Waals surface area contributed by atoms with Crippen molar-refractivity contribution < 1.29 is 9.32 Å². The molecule has 3 heterocycles. The van der Waals surface area contributed by atoms with E-state index in [0.29, 0.717) is 31.3 Å². The van der Waals surface area contributed by atoms with Crippen molar-refractivity contribution in [2.24, 2.45) is 0 Å². The van der Waals surface area contributed by atoms with Crippen LogP contribution in [0.25, 0.3) is 0 Å². The number of piperazine rings is 1. The molecule has 3 rings (SSSR count). The van der Waals surface area contributed by atoms with Crippen LogP contribution in [0.3, 0.4) is 0 Å². The third-order valence-corrected chi connectivity index (χ3v) is 4.35. The molecule has 0 saturated carbocycles. The standard InChI is InChI=1S/C18H25N5O2/c1-14(2)17-11-16(25-21-17)12-20-18(24)23-9-7-22(8-10-23)13-15-5-3-4-6-19-15/h3-6,11,14H,7-10,12-13H2,1-2H3,(H,20,24). The van der Waals surface area contributed by atoms with Crippen LogP contribution in [0.1, 0.15) is 36.9 Å². The van der Waals surface area contributed by atoms with E-state index in [9.17, 15) is 4.79 Å². The monoisotopic (exact) mass is 343 g/mol. The molecule has 134 valence electrons. The molecule has 2 aromatic rings. The molecule has 0 aromatic carbocycles. The second kappa shape index (κ2) is 8.11. The lowest BCUT2D eigenvalue weighted by molar-refractivity contribution is 0.133. The largest absolute Gasteiger partial charge is 0.359 e. The zero-order valence-electron chi connectivity index (χ0n) is 14.8. The van der Waals surface area contributed by atoms with Gasteiger partial charge in [-0.3, -0.25) is 9.88 Å². The normalized spacial score (nSPS) is 15.6. The molecule has 2 aromatic heterocycles. The molecule has 0 atom stereocenters. The molecule has 1 fully saturated rings. The van der Waals surface area contributed by atoms with Gasteiger partial charge >= 0.3 is 6.03 Å². The summed E-state index contributed by atoms with van der Waals surface area (Å²) >= 11 is 0. The molecule has 1 aliphatic rings. The Balaban J connectivity index is 1.42. The lowest BCUT2D eigenvalue weighted by Gasteiger charge is -2.34. The minimum atomic E-state index is -0.0556. The topological polar surface area (TPSA) is 74.5 Å². The van der Waals surface area contributed by atoms with Crippen molar-refractivity contribution in [3.05, 3.63) is 47.6 Å². The average Bonchev–Trinajstić information content (AvgIpc) is 3.11. The zero-order chi connectivity index (χ0) is 17.6. The first-order valence-electron chi connectivity index (χ1n) is 8.72. The maximum Gasteiger partial charge on any atom is 0.317 e. The predicted octanol–water partition coefficient (Wildman–Crippen LogP) is 2.22. The van der Waals surface area contributed by atoms with E-state index in [0.717, 1.165) is 31.0 Å². The van der Waals surface area contributed by atoms with Crippen LogP contribution in [0.4, 0.5) is 4.79 Å². The van der Waals surface area contributed by atoms with Gasteiger partial charge in [-0.15, -0.1) is 0 Å². The van der Waals surface area contributed by atoms with Crippen LogP contribution >= 0.6 is 0 Å². The maximum atomic E-state index is 12.3. The number of hydrogen-bond donors (Lipinski definition) is 1. The average molecular weight is 343 g/mol. The highest BCUT2D eigenvalue weighted by Gasteiger charge is 2.21. The van der Waals surface area contributed by atoms with E-state index >= 15 is 0 Å². The van der Waals surface area contributed by atoms with Crippen LogP contribution in [0.2, 0.25) is 0 Å². The molecule has 1 N–H and O–H groups in total. The van der Waals surface area contributed by atoms with Gasteiger partial charge in [0.2, 0.25) is 0 Å². The zero-order valence-corrected chi connectivity index (χ0v) is 14.8. The SMILES string of the molecule is CC(C)c1cc(CNC(=O)N2CCN(Cc3ccccn3)CC2)on1. The van der Waals surface area contributed by atoms with Crippen molar-refractivity contribution in [3.63, 3.8) is 0 Å². The van der Waals surface area contributed by atoms with E-state index in [4.69, 9.17) is 4.52 Å². The Morgan fingerprint density at radius 1 is 1.28 bits per heavy atom. The summed E-state index contributed by atoms with van der Waals surface area (Å²) < 4.78 is 5.25. The molecule has 0 bridgehead atoms. The van der Waals surface area contributed by atoms with Crippen LogP contribution in [-0.4, -0.2) is 52.2 Å². The first-order chi connectivity index (χ1) is 12.1. The van der Waals surface area contributed by atoms with Gasteiger partial charge < -0.3 is 14.7 Å². The number of urea groups is 1. The smallest absolute Gasteiger partial charge is 0.317 e. The lowest BCUT2D eigenvalue weighted by atomic mass is 10.1. The predicted molar refractivity (Wildman–Crippen MR) is 93.9 cm³/mol. The van der Waals surface area contributed by atoms with Crippen LogP contribution in [0, 0.1) is 0 Å². The number of nitrogens with zero attached hydrogens (tertiary/aromatic N) is 4. The van der Waals surface area contributed by atoms with Gasteiger partial charge in [0.25, 0.3) is 0 Å². The Kier molecular flexibility index (Phi) is 5.65. The summed E-state index contributed by atoms with van der Waals surface area (Å²) in [5, 5.41) is 6.91. The Hall–Kier alpha value is -2.41. The number of pyridine rings is 1. The van der Waals surface area contributed by atoms with Crippen molar-refractivity contribution in [1.82, 2.24) is 25.3 Å². The summed E-state index contributed by atoms with van der Waals surface area (Å²) in [6.45, 7) is 8.45. The van der Waals surface area contributed by atoms with Gasteiger partial charge in [-0.1, -0.05) is 25.1 Å². The summed E-state index contributed by atoms with van der Waals surface area (Å²) in [6.07, 6.45) is 1.81. The molecule has 1 aliphatic heterocycles. The van der Waals surface area contributed by atoms with Crippen molar-refractivity contribution in [2.45, 2.75) is 32.9 Å². The molecule has 2 amide bonds. The van der Waals surface area contributed by atoms with E-state index in [1.807, 2.05) is 35.4 Å². The van der Waals surface area contributed by atoms with Gasteiger partial charge in [-0.2, -0.15) is 0 Å². The number of nitrogens with one attached hydrogen (secondary N) is 1. The molecule has 0 spiro atoms. The number of rotatable bonds is 5. The molecular weight excluding hydrogens is 318 g/mol. The van der Waals surface area contributed by atoms with Gasteiger partial charge in [0, 0.05) is 45.0 Å². The van der Waals surface area contributed by atoms with E-state index in [1.165, 1.54) is 0 Å². The fourth-order valence-electron chi connectivity index (χ4n) is 2.79. The first-order valence-corrected chi connectivity index (χ1v) is 8.72. The third-order valence-electron chi connectivity index (χ3n) is 4.35. The Morgan fingerprint density at radius 3 is 2.72 bits per heavy atom. The fourth-order valence-corrected chi connectivity index (χ4v) is 2.79. The minimum Gasteiger partial charge on any atom is -0.359 e. The van der Waals surface area contributed by atoms with E-state index in [-0.39, 0.29) is 6.03 Å². The second-order valence-electron chi connectivity index (χ2n) is 6.62. The molecule has 0 aliphatic carbocycles. The Bertz CT molecular complexity index is 678. The highest BCUT2D eigenvalue weighted by Crippen LogP contribution is 2.14. The van der Waals surface area contributed by atoms with Gasteiger partial charge in [0.1, 0.15) is 0 Å². The number of hydrogen-bond acceptors (Lipinski definition) is 5. The minimum absolute atomic E-state index is 0.0556. The summed E-state index contributed by atoms with van der Waals surface area (Å²) in [5.74, 6) is 1.01. The summed E-state index contributed by atoms with van der Waals surface area (Å²) in [4.78, 5) is 20.8. The Labute approximate surface area is 148 Å². The Morgan fingerprint density at radius 2 is 2.08 bits per heavy atom. The van der Waals surface area contributed by atoms with Crippen molar-refractivity contribution in [2.75, 3.05) is 26.2 Å². The van der Waals surface area contributed by atoms with Gasteiger partial charge in [0.05, 0.1) is 17.9 Å². The molecule has 7 nitrogen and oxygen atoms in total. The van der Waals surface area contributed by atoms with Crippen LogP contribution in [-0.2, 0) is 13.1 Å². The molecule has 7 heteroatoms. The highest BCUT2D eigenvalue weighted by molar-refractivity contribution is 5.74. The van der Waals surface area contributed by atoms with Crippen LogP contribution in [0.5, 0.6) is 0 Å². The molecule has 0 radical (unpaired) electrons. The first kappa shape index (κ1) is 17.4. The lowest BCUT2D eigenvalue weighted by Crippen LogP contribution is -2.51. The number of aromatic nitrogens is 2. The molecule has 1 saturated heterocycles. The van der Waals surface area contributed by atoms with Crippen molar-refractivity contribution in [3.8, 4) is 0 Å². The number of amides is 2. The third kappa shape index (κ3) is 4.79. The fraction of sp³-hybridized carbons (Fsp3) is 0.500. The van der Waals surface area contributed by atoms with Gasteiger partial charge in [0.15, 0.2) is 5.76 Å².